The molecule has 1 N–H and O–H groups in total. The monoisotopic (exact) mass is 396 g/mol. The number of thioether (sulfide) groups is 1. The second kappa shape index (κ2) is 9.16. The Morgan fingerprint density at radius 3 is 2.63 bits per heavy atom. The minimum Gasteiger partial charge on any atom is -0.484 e. The van der Waals surface area contributed by atoms with E-state index in [0.29, 0.717) is 22.2 Å². The van der Waals surface area contributed by atoms with Crippen molar-refractivity contribution in [1.82, 2.24) is 10.2 Å². The molecular weight excluding hydrogens is 380 g/mol. The molecule has 6 nitrogen and oxygen atoms in total. The van der Waals surface area contributed by atoms with Gasteiger partial charge in [0.05, 0.1) is 11.6 Å². The lowest BCUT2D eigenvalue weighted by atomic mass is 10.2. The molecule has 0 aliphatic rings. The average molecular weight is 396 g/mol. The van der Waals surface area contributed by atoms with Gasteiger partial charge in [-0.15, -0.1) is 10.2 Å². The standard InChI is InChI=1S/C19H16N4O2S2/c1-13-2-8-16(9-3-13)25-11-17(24)21-18-22-23-19(27-18)26-12-15-6-4-14(10-20)5-7-15/h2-9H,11-12H2,1H3,(H,21,22,24). The maximum absolute atomic E-state index is 12.0. The summed E-state index contributed by atoms with van der Waals surface area (Å²) in [5.74, 6) is 1.08. The van der Waals surface area contributed by atoms with Gasteiger partial charge in [0, 0.05) is 5.75 Å². The molecule has 0 saturated heterocycles. The number of rotatable bonds is 7. The van der Waals surface area contributed by atoms with Crippen LogP contribution in [0.4, 0.5) is 5.13 Å². The molecule has 1 heterocycles. The van der Waals surface area contributed by atoms with Crippen molar-refractivity contribution in [3.8, 4) is 11.8 Å². The highest BCUT2D eigenvalue weighted by molar-refractivity contribution is 8.00. The molecule has 1 amide bonds. The molecule has 0 saturated carbocycles. The van der Waals surface area contributed by atoms with E-state index in [4.69, 9.17) is 10.00 Å². The predicted octanol–water partition coefficient (Wildman–Crippen LogP) is 4.03. The zero-order valence-electron chi connectivity index (χ0n) is 14.5. The smallest absolute Gasteiger partial charge is 0.264 e. The van der Waals surface area contributed by atoms with Crippen LogP contribution in [0.5, 0.6) is 5.75 Å². The summed E-state index contributed by atoms with van der Waals surface area (Å²) in [7, 11) is 0. The molecule has 0 unspecified atom stereocenters. The van der Waals surface area contributed by atoms with Gasteiger partial charge < -0.3 is 4.74 Å². The molecule has 0 bridgehead atoms. The first-order chi connectivity index (χ1) is 13.1. The number of ether oxygens (including phenoxy) is 1. The SMILES string of the molecule is Cc1ccc(OCC(=O)Nc2nnc(SCc3ccc(C#N)cc3)s2)cc1. The molecule has 0 aliphatic carbocycles. The summed E-state index contributed by atoms with van der Waals surface area (Å²) < 4.78 is 6.20. The van der Waals surface area contributed by atoms with Crippen LogP contribution in [0.3, 0.4) is 0 Å². The largest absolute Gasteiger partial charge is 0.484 e. The minimum absolute atomic E-state index is 0.0869. The number of aryl methyl sites for hydroxylation is 1. The van der Waals surface area contributed by atoms with Crippen molar-refractivity contribution in [2.24, 2.45) is 0 Å². The van der Waals surface area contributed by atoms with Gasteiger partial charge in [0.2, 0.25) is 5.13 Å². The van der Waals surface area contributed by atoms with Crippen LogP contribution in [0.1, 0.15) is 16.7 Å². The van der Waals surface area contributed by atoms with Crippen LogP contribution in [-0.4, -0.2) is 22.7 Å². The zero-order valence-corrected chi connectivity index (χ0v) is 16.1. The number of anilines is 1. The van der Waals surface area contributed by atoms with Gasteiger partial charge in [-0.2, -0.15) is 5.26 Å². The lowest BCUT2D eigenvalue weighted by Crippen LogP contribution is -2.20. The van der Waals surface area contributed by atoms with E-state index >= 15 is 0 Å². The fourth-order valence-electron chi connectivity index (χ4n) is 2.08. The highest BCUT2D eigenvalue weighted by Crippen LogP contribution is 2.28. The Morgan fingerprint density at radius 2 is 1.93 bits per heavy atom. The highest BCUT2D eigenvalue weighted by atomic mass is 32.2. The van der Waals surface area contributed by atoms with Gasteiger partial charge in [-0.25, -0.2) is 0 Å². The zero-order chi connectivity index (χ0) is 19.1. The topological polar surface area (TPSA) is 87.9 Å². The van der Waals surface area contributed by atoms with Gasteiger partial charge in [-0.3, -0.25) is 10.1 Å². The molecule has 0 aliphatic heterocycles. The van der Waals surface area contributed by atoms with E-state index in [1.165, 1.54) is 23.1 Å². The third-order valence-corrected chi connectivity index (χ3v) is 5.53. The van der Waals surface area contributed by atoms with Crippen LogP contribution >= 0.6 is 23.1 Å². The Labute approximate surface area is 165 Å². The van der Waals surface area contributed by atoms with Crippen LogP contribution < -0.4 is 10.1 Å². The van der Waals surface area contributed by atoms with Crippen molar-refractivity contribution >= 4 is 34.1 Å². The normalized spacial score (nSPS) is 10.2. The van der Waals surface area contributed by atoms with Gasteiger partial charge in [0.25, 0.3) is 5.91 Å². The summed E-state index contributed by atoms with van der Waals surface area (Å²) in [6.07, 6.45) is 0. The Bertz CT molecular complexity index is 947. The molecule has 3 aromatic rings. The molecule has 0 atom stereocenters. The second-order valence-electron chi connectivity index (χ2n) is 5.62. The van der Waals surface area contributed by atoms with Gasteiger partial charge in [0.1, 0.15) is 5.75 Å². The summed E-state index contributed by atoms with van der Waals surface area (Å²) in [6, 6.07) is 17.0. The molecule has 0 fully saturated rings. The van der Waals surface area contributed by atoms with Crippen molar-refractivity contribution in [2.75, 3.05) is 11.9 Å². The van der Waals surface area contributed by atoms with Crippen molar-refractivity contribution in [2.45, 2.75) is 17.0 Å². The third kappa shape index (κ3) is 5.81. The number of amides is 1. The highest BCUT2D eigenvalue weighted by Gasteiger charge is 2.10. The Morgan fingerprint density at radius 1 is 1.19 bits per heavy atom. The summed E-state index contributed by atoms with van der Waals surface area (Å²) in [6.45, 7) is 1.90. The van der Waals surface area contributed by atoms with Gasteiger partial charge in [-0.05, 0) is 36.8 Å². The van der Waals surface area contributed by atoms with E-state index < -0.39 is 0 Å². The van der Waals surface area contributed by atoms with E-state index in [0.717, 1.165) is 15.5 Å². The first-order valence-electron chi connectivity index (χ1n) is 8.07. The number of carbonyl (C=O) groups is 1. The number of nitrogens with zero attached hydrogens (tertiary/aromatic N) is 3. The summed E-state index contributed by atoms with van der Waals surface area (Å²) in [5, 5.41) is 20.0. The molecule has 27 heavy (non-hydrogen) atoms. The predicted molar refractivity (Wildman–Crippen MR) is 106 cm³/mol. The van der Waals surface area contributed by atoms with Crippen molar-refractivity contribution in [1.29, 1.82) is 5.26 Å². The lowest BCUT2D eigenvalue weighted by Gasteiger charge is -2.05. The molecule has 2 aromatic carbocycles. The number of hydrogen-bond acceptors (Lipinski definition) is 7. The number of hydrogen-bond donors (Lipinski definition) is 1. The average Bonchev–Trinajstić information content (AvgIpc) is 3.13. The first kappa shape index (κ1) is 18.9. The van der Waals surface area contributed by atoms with Crippen molar-refractivity contribution < 1.29 is 9.53 Å². The number of carbonyl (C=O) groups excluding carboxylic acids is 1. The molecule has 0 radical (unpaired) electrons. The van der Waals surface area contributed by atoms with Crippen LogP contribution in [0.15, 0.2) is 52.9 Å². The van der Waals surface area contributed by atoms with Crippen LogP contribution in [0.25, 0.3) is 0 Å². The lowest BCUT2D eigenvalue weighted by molar-refractivity contribution is -0.118. The van der Waals surface area contributed by atoms with Crippen LogP contribution in [0, 0.1) is 18.3 Å². The number of benzene rings is 2. The maximum Gasteiger partial charge on any atom is 0.264 e. The van der Waals surface area contributed by atoms with Crippen LogP contribution in [-0.2, 0) is 10.5 Å². The second-order valence-corrected chi connectivity index (χ2v) is 7.82. The van der Waals surface area contributed by atoms with E-state index in [2.05, 4.69) is 21.6 Å². The summed E-state index contributed by atoms with van der Waals surface area (Å²) in [4.78, 5) is 12.0. The Kier molecular flexibility index (Phi) is 6.41. The van der Waals surface area contributed by atoms with E-state index in [1.807, 2.05) is 43.3 Å². The first-order valence-corrected chi connectivity index (χ1v) is 9.87. The molecule has 136 valence electrons. The molecule has 0 spiro atoms. The van der Waals surface area contributed by atoms with Crippen molar-refractivity contribution in [3.63, 3.8) is 0 Å². The minimum atomic E-state index is -0.282. The van der Waals surface area contributed by atoms with E-state index in [-0.39, 0.29) is 12.5 Å². The van der Waals surface area contributed by atoms with Gasteiger partial charge in [-0.1, -0.05) is 52.9 Å². The van der Waals surface area contributed by atoms with E-state index in [1.54, 1.807) is 12.1 Å². The van der Waals surface area contributed by atoms with Crippen molar-refractivity contribution in [3.05, 3.63) is 65.2 Å². The van der Waals surface area contributed by atoms with Crippen LogP contribution in [0.2, 0.25) is 0 Å². The summed E-state index contributed by atoms with van der Waals surface area (Å²) in [5.41, 5.74) is 2.86. The number of nitrogens with one attached hydrogen (secondary N) is 1. The molecule has 1 aromatic heterocycles. The Hall–Kier alpha value is -2.89. The maximum atomic E-state index is 12.0. The quantitative estimate of drug-likeness (QED) is 0.479. The number of nitriles is 1. The summed E-state index contributed by atoms with van der Waals surface area (Å²) >= 11 is 2.84. The van der Waals surface area contributed by atoms with Gasteiger partial charge >= 0.3 is 0 Å². The molecular formula is C19H16N4O2S2. The van der Waals surface area contributed by atoms with Gasteiger partial charge in [0.15, 0.2) is 10.9 Å². The fraction of sp³-hybridized carbons (Fsp3) is 0.158. The number of aromatic nitrogens is 2. The fourth-order valence-corrected chi connectivity index (χ4v) is 3.80. The molecule has 8 heteroatoms. The van der Waals surface area contributed by atoms with E-state index in [9.17, 15) is 4.79 Å². The third-order valence-electron chi connectivity index (χ3n) is 3.49. The molecule has 3 rings (SSSR count). The Balaban J connectivity index is 1.46.